The molecule has 24 heavy (non-hydrogen) atoms. The van der Waals surface area contributed by atoms with Crippen molar-refractivity contribution in [2.75, 3.05) is 38.0 Å². The largest absolute Gasteiger partial charge is 0.360 e. The Balaban J connectivity index is 1.38. The van der Waals surface area contributed by atoms with E-state index in [0.717, 1.165) is 13.1 Å². The fourth-order valence-corrected chi connectivity index (χ4v) is 3.56. The van der Waals surface area contributed by atoms with E-state index in [1.807, 2.05) is 4.90 Å². The molecule has 132 valence electrons. The molecule has 1 aliphatic heterocycles. The summed E-state index contributed by atoms with van der Waals surface area (Å²) in [7, 11) is 0. The second kappa shape index (κ2) is 7.79. The Morgan fingerprint density at radius 2 is 1.96 bits per heavy atom. The molecule has 0 unspecified atom stereocenters. The number of aromatic nitrogens is 1. The van der Waals surface area contributed by atoms with Gasteiger partial charge in [-0.25, -0.2) is 0 Å². The first-order valence-corrected chi connectivity index (χ1v) is 8.83. The van der Waals surface area contributed by atoms with Crippen LogP contribution in [0.25, 0.3) is 0 Å². The molecule has 7 nitrogen and oxygen atoms in total. The number of piperazine rings is 1. The van der Waals surface area contributed by atoms with Gasteiger partial charge in [0.05, 0.1) is 6.54 Å². The average Bonchev–Trinajstić information content (AvgIpc) is 3.20. The molecule has 7 heteroatoms. The quantitative estimate of drug-likeness (QED) is 0.886. The highest BCUT2D eigenvalue weighted by atomic mass is 16.5. The van der Waals surface area contributed by atoms with Gasteiger partial charge < -0.3 is 14.7 Å². The summed E-state index contributed by atoms with van der Waals surface area (Å²) in [5.41, 5.74) is 0. The van der Waals surface area contributed by atoms with E-state index in [1.165, 1.54) is 25.7 Å². The summed E-state index contributed by atoms with van der Waals surface area (Å²) in [5.74, 6) is 1.88. The second-order valence-electron chi connectivity index (χ2n) is 6.88. The highest BCUT2D eigenvalue weighted by molar-refractivity contribution is 5.91. The maximum Gasteiger partial charge on any atom is 0.239 e. The van der Waals surface area contributed by atoms with Crippen LogP contribution in [-0.2, 0) is 9.59 Å². The van der Waals surface area contributed by atoms with E-state index in [2.05, 4.69) is 15.4 Å². The molecule has 0 radical (unpaired) electrons. The molecule has 0 bridgehead atoms. The number of aryl methyl sites for hydroxylation is 1. The van der Waals surface area contributed by atoms with Crippen LogP contribution in [0.1, 0.15) is 37.9 Å². The number of nitrogens with one attached hydrogen (secondary N) is 1. The molecular formula is C17H26N4O3. The summed E-state index contributed by atoms with van der Waals surface area (Å²) in [6.45, 7) is 4.99. The lowest BCUT2D eigenvalue weighted by atomic mass is 10.0. The van der Waals surface area contributed by atoms with Gasteiger partial charge in [0, 0.05) is 38.7 Å². The molecule has 0 aromatic carbocycles. The Morgan fingerprint density at radius 3 is 2.58 bits per heavy atom. The third kappa shape index (κ3) is 4.56. The number of amides is 2. The van der Waals surface area contributed by atoms with Crippen LogP contribution in [0.4, 0.5) is 5.82 Å². The number of carbonyl (C=O) groups excluding carboxylic acids is 2. The molecule has 1 aromatic rings. The Labute approximate surface area is 142 Å². The number of nitrogens with zero attached hydrogens (tertiary/aromatic N) is 3. The van der Waals surface area contributed by atoms with Crippen LogP contribution in [0.2, 0.25) is 0 Å². The topological polar surface area (TPSA) is 78.7 Å². The summed E-state index contributed by atoms with van der Waals surface area (Å²) >= 11 is 0. The molecule has 0 spiro atoms. The SMILES string of the molecule is Cc1cc(NC(=O)CN2CCN(C(=O)CC3CCCC3)CC2)no1. The number of carbonyl (C=O) groups is 2. The first-order valence-electron chi connectivity index (χ1n) is 8.83. The number of anilines is 1. The second-order valence-corrected chi connectivity index (χ2v) is 6.88. The van der Waals surface area contributed by atoms with E-state index < -0.39 is 0 Å². The van der Waals surface area contributed by atoms with Crippen molar-refractivity contribution in [1.29, 1.82) is 0 Å². The Kier molecular flexibility index (Phi) is 5.50. The van der Waals surface area contributed by atoms with Crippen molar-refractivity contribution in [2.45, 2.75) is 39.0 Å². The van der Waals surface area contributed by atoms with Crippen LogP contribution in [0.15, 0.2) is 10.6 Å². The zero-order chi connectivity index (χ0) is 16.9. The predicted octanol–water partition coefficient (Wildman–Crippen LogP) is 1.65. The fraction of sp³-hybridized carbons (Fsp3) is 0.706. The maximum atomic E-state index is 12.3. The van der Waals surface area contributed by atoms with Gasteiger partial charge in [0.2, 0.25) is 11.8 Å². The van der Waals surface area contributed by atoms with Gasteiger partial charge in [0.25, 0.3) is 0 Å². The summed E-state index contributed by atoms with van der Waals surface area (Å²) < 4.78 is 4.93. The van der Waals surface area contributed by atoms with Crippen molar-refractivity contribution in [3.63, 3.8) is 0 Å². The monoisotopic (exact) mass is 334 g/mol. The molecule has 1 saturated heterocycles. The summed E-state index contributed by atoms with van der Waals surface area (Å²) in [4.78, 5) is 28.4. The van der Waals surface area contributed by atoms with Crippen molar-refractivity contribution in [3.05, 3.63) is 11.8 Å². The minimum Gasteiger partial charge on any atom is -0.360 e. The zero-order valence-corrected chi connectivity index (χ0v) is 14.3. The summed E-state index contributed by atoms with van der Waals surface area (Å²) in [5, 5.41) is 6.48. The molecule has 1 saturated carbocycles. The van der Waals surface area contributed by atoms with Crippen LogP contribution in [0.5, 0.6) is 0 Å². The van der Waals surface area contributed by atoms with E-state index in [0.29, 0.717) is 43.6 Å². The molecule has 3 rings (SSSR count). The number of hydrogen-bond donors (Lipinski definition) is 1. The standard InChI is InChI=1S/C17H26N4O3/c1-13-10-15(19-24-13)18-16(22)12-20-6-8-21(9-7-20)17(23)11-14-4-2-3-5-14/h10,14H,2-9,11-12H2,1H3,(H,18,19,22). The lowest BCUT2D eigenvalue weighted by Gasteiger charge is -2.34. The minimum atomic E-state index is -0.103. The van der Waals surface area contributed by atoms with Crippen LogP contribution < -0.4 is 5.32 Å². The zero-order valence-electron chi connectivity index (χ0n) is 14.3. The van der Waals surface area contributed by atoms with E-state index in [4.69, 9.17) is 4.52 Å². The van der Waals surface area contributed by atoms with Crippen LogP contribution >= 0.6 is 0 Å². The van der Waals surface area contributed by atoms with Gasteiger partial charge in [-0.05, 0) is 25.7 Å². The first-order chi connectivity index (χ1) is 11.6. The third-order valence-corrected chi connectivity index (χ3v) is 4.93. The molecule has 2 amide bonds. The third-order valence-electron chi connectivity index (χ3n) is 4.93. The lowest BCUT2D eigenvalue weighted by Crippen LogP contribution is -2.50. The summed E-state index contributed by atoms with van der Waals surface area (Å²) in [6, 6.07) is 1.69. The van der Waals surface area contributed by atoms with Gasteiger partial charge in [-0.3, -0.25) is 14.5 Å². The predicted molar refractivity (Wildman–Crippen MR) is 89.5 cm³/mol. The van der Waals surface area contributed by atoms with Crippen molar-refractivity contribution in [3.8, 4) is 0 Å². The molecule has 0 atom stereocenters. The van der Waals surface area contributed by atoms with Crippen molar-refractivity contribution < 1.29 is 14.1 Å². The van der Waals surface area contributed by atoms with E-state index >= 15 is 0 Å². The Hall–Kier alpha value is -1.89. The van der Waals surface area contributed by atoms with Crippen molar-refractivity contribution in [2.24, 2.45) is 5.92 Å². The smallest absolute Gasteiger partial charge is 0.239 e. The van der Waals surface area contributed by atoms with Crippen LogP contribution in [-0.4, -0.2) is 59.5 Å². The first kappa shape index (κ1) is 17.0. The van der Waals surface area contributed by atoms with Crippen LogP contribution in [0, 0.1) is 12.8 Å². The Bertz CT molecular complexity index is 572. The maximum absolute atomic E-state index is 12.3. The van der Waals surface area contributed by atoms with Gasteiger partial charge in [-0.15, -0.1) is 0 Å². The molecular weight excluding hydrogens is 308 g/mol. The van der Waals surface area contributed by atoms with Crippen molar-refractivity contribution in [1.82, 2.24) is 15.0 Å². The minimum absolute atomic E-state index is 0.103. The Morgan fingerprint density at radius 1 is 1.25 bits per heavy atom. The van der Waals surface area contributed by atoms with Crippen molar-refractivity contribution >= 4 is 17.6 Å². The highest BCUT2D eigenvalue weighted by Gasteiger charge is 2.25. The molecule has 2 aliphatic rings. The van der Waals surface area contributed by atoms with E-state index in [9.17, 15) is 9.59 Å². The lowest BCUT2D eigenvalue weighted by molar-refractivity contribution is -0.134. The molecule has 2 fully saturated rings. The van der Waals surface area contributed by atoms with Gasteiger partial charge >= 0.3 is 0 Å². The molecule has 1 aromatic heterocycles. The fourth-order valence-electron chi connectivity index (χ4n) is 3.56. The normalized spacial score (nSPS) is 19.6. The van der Waals surface area contributed by atoms with Crippen LogP contribution in [0.3, 0.4) is 0 Å². The van der Waals surface area contributed by atoms with Gasteiger partial charge in [-0.2, -0.15) is 0 Å². The van der Waals surface area contributed by atoms with Gasteiger partial charge in [-0.1, -0.05) is 18.0 Å². The summed E-state index contributed by atoms with van der Waals surface area (Å²) in [6.07, 6.45) is 5.64. The van der Waals surface area contributed by atoms with Gasteiger partial charge in [0.1, 0.15) is 5.76 Å². The van der Waals surface area contributed by atoms with Gasteiger partial charge in [0.15, 0.2) is 5.82 Å². The molecule has 2 heterocycles. The van der Waals surface area contributed by atoms with E-state index in [-0.39, 0.29) is 11.8 Å². The molecule has 1 N–H and O–H groups in total. The number of hydrogen-bond acceptors (Lipinski definition) is 5. The average molecular weight is 334 g/mol. The molecule has 1 aliphatic carbocycles. The highest BCUT2D eigenvalue weighted by Crippen LogP contribution is 2.28. The van der Waals surface area contributed by atoms with E-state index in [1.54, 1.807) is 13.0 Å². The number of rotatable bonds is 5.